The molecule has 0 unspecified atom stereocenters. The van der Waals surface area contributed by atoms with E-state index in [9.17, 15) is 4.79 Å². The van der Waals surface area contributed by atoms with Crippen LogP contribution in [0.15, 0.2) is 0 Å². The summed E-state index contributed by atoms with van der Waals surface area (Å²) in [6.07, 6.45) is 4.80. The molecule has 0 aromatic rings. The first-order valence-corrected chi connectivity index (χ1v) is 7.36. The lowest BCUT2D eigenvalue weighted by atomic mass is 10.1. The second-order valence-corrected chi connectivity index (χ2v) is 4.95. The van der Waals surface area contributed by atoms with E-state index in [1.807, 2.05) is 6.92 Å². The van der Waals surface area contributed by atoms with Crippen LogP contribution in [0.3, 0.4) is 0 Å². The molecular weight excluding hydrogens is 246 g/mol. The number of morpholine rings is 1. The van der Waals surface area contributed by atoms with E-state index in [0.29, 0.717) is 19.6 Å². The Balaban J connectivity index is 1.94. The SMILES string of the molecule is CCOC(=O)CCCCCCN1CCO[C@@H](CO)C1. The van der Waals surface area contributed by atoms with Gasteiger partial charge in [-0.2, -0.15) is 0 Å². The van der Waals surface area contributed by atoms with Crippen LogP contribution < -0.4 is 0 Å². The van der Waals surface area contributed by atoms with Crippen LogP contribution in [0.5, 0.6) is 0 Å². The van der Waals surface area contributed by atoms with E-state index in [0.717, 1.165) is 45.3 Å². The van der Waals surface area contributed by atoms with E-state index < -0.39 is 0 Å². The maximum atomic E-state index is 11.1. The third-order valence-electron chi connectivity index (χ3n) is 3.34. The van der Waals surface area contributed by atoms with Crippen molar-refractivity contribution in [2.45, 2.75) is 45.1 Å². The number of hydrogen-bond donors (Lipinski definition) is 1. The minimum absolute atomic E-state index is 0.0161. The fourth-order valence-electron chi connectivity index (χ4n) is 2.29. The normalized spacial score (nSPS) is 20.4. The van der Waals surface area contributed by atoms with Crippen molar-refractivity contribution in [3.05, 3.63) is 0 Å². The zero-order chi connectivity index (χ0) is 13.9. The molecule has 0 bridgehead atoms. The van der Waals surface area contributed by atoms with Gasteiger partial charge in [-0.3, -0.25) is 9.69 Å². The van der Waals surface area contributed by atoms with Gasteiger partial charge in [0.2, 0.25) is 0 Å². The van der Waals surface area contributed by atoms with Gasteiger partial charge >= 0.3 is 5.97 Å². The first-order chi connectivity index (χ1) is 9.26. The van der Waals surface area contributed by atoms with Crippen molar-refractivity contribution in [1.82, 2.24) is 4.90 Å². The lowest BCUT2D eigenvalue weighted by molar-refractivity contribution is -0.143. The van der Waals surface area contributed by atoms with E-state index in [1.165, 1.54) is 0 Å². The summed E-state index contributed by atoms with van der Waals surface area (Å²) in [5.74, 6) is -0.0820. The van der Waals surface area contributed by atoms with Crippen molar-refractivity contribution in [2.24, 2.45) is 0 Å². The summed E-state index contributed by atoms with van der Waals surface area (Å²) < 4.78 is 10.3. The molecule has 1 atom stereocenters. The predicted molar refractivity (Wildman–Crippen MR) is 73.0 cm³/mol. The standard InChI is InChI=1S/C14H27NO4/c1-2-18-14(17)7-5-3-4-6-8-15-9-10-19-13(11-15)12-16/h13,16H,2-12H2,1H3/t13-/m1/s1. The summed E-state index contributed by atoms with van der Waals surface area (Å²) in [7, 11) is 0. The van der Waals surface area contributed by atoms with Crippen LogP contribution >= 0.6 is 0 Å². The van der Waals surface area contributed by atoms with E-state index in [4.69, 9.17) is 14.6 Å². The molecular formula is C14H27NO4. The van der Waals surface area contributed by atoms with Crippen LogP contribution in [0.2, 0.25) is 0 Å². The number of esters is 1. The molecule has 1 N–H and O–H groups in total. The van der Waals surface area contributed by atoms with Crippen LogP contribution in [0.25, 0.3) is 0 Å². The average molecular weight is 273 g/mol. The third-order valence-corrected chi connectivity index (χ3v) is 3.34. The van der Waals surface area contributed by atoms with Gasteiger partial charge in [0.1, 0.15) is 0 Å². The molecule has 1 fully saturated rings. The minimum Gasteiger partial charge on any atom is -0.466 e. The second kappa shape index (κ2) is 10.2. The number of unbranched alkanes of at least 4 members (excludes halogenated alkanes) is 3. The largest absolute Gasteiger partial charge is 0.466 e. The van der Waals surface area contributed by atoms with Crippen LogP contribution in [-0.4, -0.2) is 61.5 Å². The molecule has 0 amide bonds. The van der Waals surface area contributed by atoms with Gasteiger partial charge in [-0.05, 0) is 26.3 Å². The van der Waals surface area contributed by atoms with E-state index in [-0.39, 0.29) is 18.7 Å². The lowest BCUT2D eigenvalue weighted by Crippen LogP contribution is -2.44. The second-order valence-electron chi connectivity index (χ2n) is 4.95. The van der Waals surface area contributed by atoms with E-state index >= 15 is 0 Å². The molecule has 0 aromatic heterocycles. The Bertz CT molecular complexity index is 248. The lowest BCUT2D eigenvalue weighted by Gasteiger charge is -2.31. The molecule has 0 radical (unpaired) electrons. The van der Waals surface area contributed by atoms with Crippen LogP contribution in [0.1, 0.15) is 39.0 Å². The predicted octanol–water partition coefficient (Wildman–Crippen LogP) is 1.19. The molecule has 19 heavy (non-hydrogen) atoms. The van der Waals surface area contributed by atoms with Crippen LogP contribution in [0, 0.1) is 0 Å². The summed E-state index contributed by atoms with van der Waals surface area (Å²) >= 11 is 0. The summed E-state index contributed by atoms with van der Waals surface area (Å²) in [5.41, 5.74) is 0. The number of hydrogen-bond acceptors (Lipinski definition) is 5. The molecule has 0 saturated carbocycles. The Labute approximate surface area is 115 Å². The molecule has 0 aromatic carbocycles. The molecule has 0 aliphatic carbocycles. The summed E-state index contributed by atoms with van der Waals surface area (Å²) in [6, 6.07) is 0. The highest BCUT2D eigenvalue weighted by Crippen LogP contribution is 2.09. The Morgan fingerprint density at radius 1 is 1.37 bits per heavy atom. The van der Waals surface area contributed by atoms with Gasteiger partial charge in [0, 0.05) is 19.5 Å². The quantitative estimate of drug-likeness (QED) is 0.505. The molecule has 5 heteroatoms. The fourth-order valence-corrected chi connectivity index (χ4v) is 2.29. The first kappa shape index (κ1) is 16.4. The molecule has 112 valence electrons. The number of carbonyl (C=O) groups excluding carboxylic acids is 1. The first-order valence-electron chi connectivity index (χ1n) is 7.36. The summed E-state index contributed by atoms with van der Waals surface area (Å²) in [4.78, 5) is 13.5. The highest BCUT2D eigenvalue weighted by molar-refractivity contribution is 5.69. The van der Waals surface area contributed by atoms with Crippen molar-refractivity contribution >= 4 is 5.97 Å². The van der Waals surface area contributed by atoms with Crippen molar-refractivity contribution in [3.8, 4) is 0 Å². The molecule has 1 aliphatic rings. The molecule has 1 heterocycles. The Kier molecular flexibility index (Phi) is 8.79. The highest BCUT2D eigenvalue weighted by Gasteiger charge is 2.18. The van der Waals surface area contributed by atoms with E-state index in [2.05, 4.69) is 4.90 Å². The molecule has 1 saturated heterocycles. The van der Waals surface area contributed by atoms with Gasteiger partial charge < -0.3 is 14.6 Å². The fraction of sp³-hybridized carbons (Fsp3) is 0.929. The highest BCUT2D eigenvalue weighted by atomic mass is 16.5. The molecule has 0 spiro atoms. The average Bonchev–Trinajstić information content (AvgIpc) is 2.43. The summed E-state index contributed by atoms with van der Waals surface area (Å²) in [5, 5.41) is 9.05. The molecule has 1 rings (SSSR count). The van der Waals surface area contributed by atoms with Crippen molar-refractivity contribution in [1.29, 1.82) is 0 Å². The zero-order valence-corrected chi connectivity index (χ0v) is 12.0. The van der Waals surface area contributed by atoms with Crippen LogP contribution in [-0.2, 0) is 14.3 Å². The van der Waals surface area contributed by atoms with Crippen molar-refractivity contribution in [3.63, 3.8) is 0 Å². The monoisotopic (exact) mass is 273 g/mol. The smallest absolute Gasteiger partial charge is 0.305 e. The Morgan fingerprint density at radius 2 is 2.16 bits per heavy atom. The van der Waals surface area contributed by atoms with Gasteiger partial charge in [-0.15, -0.1) is 0 Å². The number of nitrogens with zero attached hydrogens (tertiary/aromatic N) is 1. The van der Waals surface area contributed by atoms with Crippen LogP contribution in [0.4, 0.5) is 0 Å². The van der Waals surface area contributed by atoms with Gasteiger partial charge in [0.25, 0.3) is 0 Å². The van der Waals surface area contributed by atoms with Crippen molar-refractivity contribution < 1.29 is 19.4 Å². The Morgan fingerprint density at radius 3 is 2.89 bits per heavy atom. The molecule has 5 nitrogen and oxygen atoms in total. The maximum Gasteiger partial charge on any atom is 0.305 e. The Hall–Kier alpha value is -0.650. The van der Waals surface area contributed by atoms with Gasteiger partial charge in [-0.25, -0.2) is 0 Å². The zero-order valence-electron chi connectivity index (χ0n) is 12.0. The number of aliphatic hydroxyl groups is 1. The topological polar surface area (TPSA) is 59.0 Å². The van der Waals surface area contributed by atoms with Gasteiger partial charge in [-0.1, -0.05) is 12.8 Å². The number of carbonyl (C=O) groups is 1. The molecule has 1 aliphatic heterocycles. The van der Waals surface area contributed by atoms with Gasteiger partial charge in [0.15, 0.2) is 0 Å². The van der Waals surface area contributed by atoms with Gasteiger partial charge in [0.05, 0.1) is 25.9 Å². The third kappa shape index (κ3) is 7.50. The number of rotatable bonds is 9. The van der Waals surface area contributed by atoms with E-state index in [1.54, 1.807) is 0 Å². The summed E-state index contributed by atoms with van der Waals surface area (Å²) in [6.45, 7) is 5.98. The maximum absolute atomic E-state index is 11.1. The number of aliphatic hydroxyl groups excluding tert-OH is 1. The number of ether oxygens (including phenoxy) is 2. The minimum atomic E-state index is -0.0820. The van der Waals surface area contributed by atoms with Crippen molar-refractivity contribution in [2.75, 3.05) is 39.5 Å².